The van der Waals surface area contributed by atoms with Crippen LogP contribution in [0.3, 0.4) is 0 Å². The highest BCUT2D eigenvalue weighted by atomic mass is 35.5. The van der Waals surface area contributed by atoms with Gasteiger partial charge in [-0.2, -0.15) is 0 Å². The van der Waals surface area contributed by atoms with E-state index < -0.39 is 38.7 Å². The van der Waals surface area contributed by atoms with Gasteiger partial charge in [0.2, 0.25) is 0 Å². The Bertz CT molecular complexity index is 729. The van der Waals surface area contributed by atoms with Crippen LogP contribution in [0.5, 0.6) is 0 Å². The Morgan fingerprint density at radius 2 is 2.05 bits per heavy atom. The average Bonchev–Trinajstić information content (AvgIpc) is 2.41. The number of sulfone groups is 1. The predicted molar refractivity (Wildman–Crippen MR) is 78.8 cm³/mol. The second-order valence-electron chi connectivity index (χ2n) is 5.10. The van der Waals surface area contributed by atoms with Crippen molar-refractivity contribution >= 4 is 27.4 Å². The highest BCUT2D eigenvalue weighted by molar-refractivity contribution is 7.91. The normalized spacial score (nSPS) is 22.2. The number of halogens is 2. The van der Waals surface area contributed by atoms with Crippen LogP contribution in [0.25, 0.3) is 0 Å². The Balaban J connectivity index is 2.33. The van der Waals surface area contributed by atoms with Crippen molar-refractivity contribution in [1.82, 2.24) is 0 Å². The summed E-state index contributed by atoms with van der Waals surface area (Å²) < 4.78 is 37.9. The van der Waals surface area contributed by atoms with E-state index in [0.29, 0.717) is 0 Å². The van der Waals surface area contributed by atoms with Gasteiger partial charge in [0.1, 0.15) is 5.82 Å². The van der Waals surface area contributed by atoms with Gasteiger partial charge in [-0.3, -0.25) is 0 Å². The first kappa shape index (κ1) is 16.9. The molecule has 2 atom stereocenters. The Kier molecular flexibility index (Phi) is 4.89. The maximum Gasteiger partial charge on any atom is 0.332 e. The number of benzene rings is 1. The maximum atomic E-state index is 13.0. The van der Waals surface area contributed by atoms with E-state index in [4.69, 9.17) is 16.7 Å². The number of aliphatic hydroxyl groups excluding tert-OH is 1. The summed E-state index contributed by atoms with van der Waals surface area (Å²) in [6, 6.07) is 3.36. The summed E-state index contributed by atoms with van der Waals surface area (Å²) in [5.41, 5.74) is -0.129. The molecule has 0 saturated heterocycles. The number of carboxylic acid groups (broad SMARTS) is 1. The van der Waals surface area contributed by atoms with E-state index in [0.717, 1.165) is 18.2 Å². The van der Waals surface area contributed by atoms with Crippen molar-refractivity contribution in [2.45, 2.75) is 29.9 Å². The molecule has 2 N–H and O–H groups in total. The number of rotatable bonds is 4. The zero-order chi connectivity index (χ0) is 16.5. The number of hydrogen-bond donors (Lipinski definition) is 2. The van der Waals surface area contributed by atoms with Crippen molar-refractivity contribution in [3.05, 3.63) is 46.3 Å². The highest BCUT2D eigenvalue weighted by Gasteiger charge is 2.36. The third-order valence-electron chi connectivity index (χ3n) is 3.50. The lowest BCUT2D eigenvalue weighted by molar-refractivity contribution is -0.133. The van der Waals surface area contributed by atoms with Gasteiger partial charge < -0.3 is 10.2 Å². The molecule has 0 aromatic heterocycles. The largest absolute Gasteiger partial charge is 0.478 e. The minimum atomic E-state index is -3.86. The molecule has 2 rings (SSSR count). The highest BCUT2D eigenvalue weighted by Crippen LogP contribution is 2.29. The molecule has 1 aromatic rings. The van der Waals surface area contributed by atoms with Crippen LogP contribution in [-0.2, 0) is 20.4 Å². The summed E-state index contributed by atoms with van der Waals surface area (Å²) in [4.78, 5) is 11.2. The van der Waals surface area contributed by atoms with E-state index in [9.17, 15) is 22.7 Å². The Labute approximate surface area is 131 Å². The van der Waals surface area contributed by atoms with Gasteiger partial charge in [0.15, 0.2) is 9.84 Å². The maximum absolute atomic E-state index is 13.0. The fourth-order valence-electron chi connectivity index (χ4n) is 2.41. The third-order valence-corrected chi connectivity index (χ3v) is 5.92. The van der Waals surface area contributed by atoms with Gasteiger partial charge in [-0.1, -0.05) is 17.7 Å². The van der Waals surface area contributed by atoms with Gasteiger partial charge in [-0.15, -0.1) is 0 Å². The van der Waals surface area contributed by atoms with Gasteiger partial charge in [-0.05, 0) is 36.6 Å². The van der Waals surface area contributed by atoms with Crippen LogP contribution in [0.4, 0.5) is 4.39 Å². The number of carbonyl (C=O) groups is 1. The van der Waals surface area contributed by atoms with E-state index in [1.54, 1.807) is 0 Å². The Morgan fingerprint density at radius 1 is 1.36 bits per heavy atom. The first-order valence-electron chi connectivity index (χ1n) is 6.49. The SMILES string of the molecule is O=C(O)C1=CC(O)CCC1S(=O)(=O)Cc1ccc(F)cc1Cl. The van der Waals surface area contributed by atoms with Crippen LogP contribution in [0.15, 0.2) is 29.8 Å². The monoisotopic (exact) mass is 348 g/mol. The summed E-state index contributed by atoms with van der Waals surface area (Å²) >= 11 is 5.82. The molecule has 0 heterocycles. The molecule has 0 amide bonds. The van der Waals surface area contributed by atoms with Gasteiger partial charge in [0.05, 0.1) is 22.7 Å². The Morgan fingerprint density at radius 3 is 2.64 bits per heavy atom. The molecule has 1 aromatic carbocycles. The van der Waals surface area contributed by atoms with Crippen LogP contribution in [-0.4, -0.2) is 36.0 Å². The fourth-order valence-corrected chi connectivity index (χ4v) is 4.67. The minimum absolute atomic E-state index is 0.0143. The Hall–Kier alpha value is -1.44. The van der Waals surface area contributed by atoms with Gasteiger partial charge >= 0.3 is 5.97 Å². The van der Waals surface area contributed by atoms with Crippen LogP contribution in [0.1, 0.15) is 18.4 Å². The number of carboxylic acids is 1. The lowest BCUT2D eigenvalue weighted by Crippen LogP contribution is -2.33. The molecule has 0 spiro atoms. The van der Waals surface area contributed by atoms with Crippen molar-refractivity contribution in [3.8, 4) is 0 Å². The molecule has 120 valence electrons. The molecule has 2 unspecified atom stereocenters. The van der Waals surface area contributed by atoms with Crippen molar-refractivity contribution in [2.75, 3.05) is 0 Å². The summed E-state index contributed by atoms with van der Waals surface area (Å²) in [7, 11) is -3.86. The molecular weight excluding hydrogens is 335 g/mol. The van der Waals surface area contributed by atoms with E-state index >= 15 is 0 Å². The lowest BCUT2D eigenvalue weighted by atomic mass is 9.97. The molecule has 5 nitrogen and oxygen atoms in total. The zero-order valence-corrected chi connectivity index (χ0v) is 12.9. The molecule has 0 aliphatic heterocycles. The van der Waals surface area contributed by atoms with Crippen LogP contribution >= 0.6 is 11.6 Å². The van der Waals surface area contributed by atoms with Crippen LogP contribution < -0.4 is 0 Å². The van der Waals surface area contributed by atoms with Crippen molar-refractivity contribution in [2.24, 2.45) is 0 Å². The molecule has 1 aliphatic carbocycles. The van der Waals surface area contributed by atoms with Crippen LogP contribution in [0.2, 0.25) is 5.02 Å². The summed E-state index contributed by atoms with van der Waals surface area (Å²) in [5, 5.41) is 17.4. The first-order valence-corrected chi connectivity index (χ1v) is 8.58. The van der Waals surface area contributed by atoms with Gasteiger partial charge in [0, 0.05) is 5.02 Å². The molecule has 1 aliphatic rings. The molecule has 0 fully saturated rings. The summed E-state index contributed by atoms with van der Waals surface area (Å²) in [5.74, 6) is -2.45. The van der Waals surface area contributed by atoms with Gasteiger partial charge in [0.25, 0.3) is 0 Å². The lowest BCUT2D eigenvalue weighted by Gasteiger charge is -2.24. The van der Waals surface area contributed by atoms with E-state index in [1.165, 1.54) is 6.07 Å². The number of aliphatic carboxylic acids is 1. The molecular formula is C14H14ClFO5S. The van der Waals surface area contributed by atoms with E-state index in [-0.39, 0.29) is 29.0 Å². The van der Waals surface area contributed by atoms with Crippen LogP contribution in [0, 0.1) is 5.82 Å². The first-order chi connectivity index (χ1) is 10.2. The third kappa shape index (κ3) is 3.66. The standard InChI is InChI=1S/C14H14ClFO5S/c15-12-5-9(16)2-1-8(12)7-22(20,21)13-4-3-10(17)6-11(13)14(18)19/h1-2,5-6,10,13,17H,3-4,7H2,(H,18,19). The van der Waals surface area contributed by atoms with E-state index in [1.807, 2.05) is 0 Å². The van der Waals surface area contributed by atoms with Gasteiger partial charge in [-0.25, -0.2) is 17.6 Å². The molecule has 0 radical (unpaired) electrons. The second kappa shape index (κ2) is 6.36. The quantitative estimate of drug-likeness (QED) is 0.867. The molecule has 8 heteroatoms. The molecule has 0 bridgehead atoms. The molecule has 0 saturated carbocycles. The summed E-state index contributed by atoms with van der Waals surface area (Å²) in [6.45, 7) is 0. The topological polar surface area (TPSA) is 91.7 Å². The summed E-state index contributed by atoms with van der Waals surface area (Å²) in [6.07, 6.45) is 0.269. The minimum Gasteiger partial charge on any atom is -0.478 e. The number of aliphatic hydroxyl groups is 1. The molecule has 22 heavy (non-hydrogen) atoms. The fraction of sp³-hybridized carbons (Fsp3) is 0.357. The van der Waals surface area contributed by atoms with Crippen molar-refractivity contribution < 1.29 is 27.8 Å². The predicted octanol–water partition coefficient (Wildman–Crippen LogP) is 1.93. The average molecular weight is 349 g/mol. The smallest absolute Gasteiger partial charge is 0.332 e. The number of hydrogen-bond acceptors (Lipinski definition) is 4. The van der Waals surface area contributed by atoms with Crippen molar-refractivity contribution in [3.63, 3.8) is 0 Å². The second-order valence-corrected chi connectivity index (χ2v) is 7.69. The van der Waals surface area contributed by atoms with E-state index in [2.05, 4.69) is 0 Å². The zero-order valence-electron chi connectivity index (χ0n) is 11.4. The van der Waals surface area contributed by atoms with Crippen molar-refractivity contribution in [1.29, 1.82) is 0 Å².